The van der Waals surface area contributed by atoms with Crippen molar-refractivity contribution in [3.8, 4) is 0 Å². The number of sulfonamides is 1. The lowest BCUT2D eigenvalue weighted by Gasteiger charge is -2.06. The molecule has 7 heteroatoms. The maximum absolute atomic E-state index is 11.8. The molecule has 0 saturated heterocycles. The fourth-order valence-corrected chi connectivity index (χ4v) is 2.38. The topological polar surface area (TPSA) is 90.0 Å². The average molecular weight is 260 g/mol. The second kappa shape index (κ2) is 6.13. The Labute approximate surface area is 102 Å². The van der Waals surface area contributed by atoms with Crippen molar-refractivity contribution in [2.45, 2.75) is 31.7 Å². The summed E-state index contributed by atoms with van der Waals surface area (Å²) in [6, 6.07) is 0. The van der Waals surface area contributed by atoms with Crippen LogP contribution in [-0.2, 0) is 16.6 Å². The Morgan fingerprint density at radius 1 is 1.53 bits per heavy atom. The number of aryl methyl sites for hydroxylation is 1. The van der Waals surface area contributed by atoms with Crippen molar-refractivity contribution in [3.05, 3.63) is 12.4 Å². The zero-order valence-electron chi connectivity index (χ0n) is 10.3. The molecule has 0 aliphatic carbocycles. The van der Waals surface area contributed by atoms with Crippen LogP contribution in [0.4, 0.5) is 0 Å². The van der Waals surface area contributed by atoms with Gasteiger partial charge in [-0.25, -0.2) is 13.1 Å². The highest BCUT2D eigenvalue weighted by Crippen LogP contribution is 2.07. The molecule has 17 heavy (non-hydrogen) atoms. The average Bonchev–Trinajstić information content (AvgIpc) is 2.73. The molecule has 1 aromatic rings. The summed E-state index contributed by atoms with van der Waals surface area (Å²) >= 11 is 0. The van der Waals surface area contributed by atoms with Gasteiger partial charge in [-0.15, -0.1) is 0 Å². The van der Waals surface area contributed by atoms with Crippen LogP contribution in [0.25, 0.3) is 0 Å². The van der Waals surface area contributed by atoms with Crippen molar-refractivity contribution >= 4 is 10.0 Å². The number of hydrogen-bond acceptors (Lipinski definition) is 4. The zero-order valence-corrected chi connectivity index (χ0v) is 11.1. The number of rotatable bonds is 7. The highest BCUT2D eigenvalue weighted by atomic mass is 32.2. The second-order valence-corrected chi connectivity index (χ2v) is 6.09. The third-order valence-corrected chi connectivity index (χ3v) is 3.57. The fourth-order valence-electron chi connectivity index (χ4n) is 1.22. The Morgan fingerprint density at radius 3 is 2.82 bits per heavy atom. The predicted octanol–water partition coefficient (Wildman–Crippen LogP) is 0.166. The summed E-state index contributed by atoms with van der Waals surface area (Å²) in [6.07, 6.45) is 3.66. The van der Waals surface area contributed by atoms with Crippen LogP contribution in [0.2, 0.25) is 0 Å². The standard InChI is InChI=1S/C10H20N4O2S/c1-9(2)6-13-17(15,16)10-7-12-14(8-10)5-3-4-11/h7-9,13H,3-6,11H2,1-2H3. The van der Waals surface area contributed by atoms with Gasteiger partial charge >= 0.3 is 0 Å². The van der Waals surface area contributed by atoms with E-state index < -0.39 is 10.0 Å². The molecule has 0 spiro atoms. The molecule has 1 aromatic heterocycles. The minimum absolute atomic E-state index is 0.204. The van der Waals surface area contributed by atoms with Crippen molar-refractivity contribution in [2.75, 3.05) is 13.1 Å². The Kier molecular flexibility index (Phi) is 5.10. The summed E-state index contributed by atoms with van der Waals surface area (Å²) in [5, 5.41) is 3.99. The van der Waals surface area contributed by atoms with Crippen molar-refractivity contribution in [1.29, 1.82) is 0 Å². The van der Waals surface area contributed by atoms with E-state index >= 15 is 0 Å². The van der Waals surface area contributed by atoms with Gasteiger partial charge in [0.1, 0.15) is 4.90 Å². The van der Waals surface area contributed by atoms with E-state index in [0.29, 0.717) is 19.6 Å². The van der Waals surface area contributed by atoms with Crippen LogP contribution in [0.15, 0.2) is 17.3 Å². The van der Waals surface area contributed by atoms with Gasteiger partial charge in [0.15, 0.2) is 0 Å². The molecule has 1 heterocycles. The molecular weight excluding hydrogens is 240 g/mol. The largest absolute Gasteiger partial charge is 0.330 e. The van der Waals surface area contributed by atoms with E-state index in [4.69, 9.17) is 5.73 Å². The Bertz CT molecular complexity index is 439. The van der Waals surface area contributed by atoms with E-state index in [1.54, 1.807) is 4.68 Å². The molecule has 0 unspecified atom stereocenters. The molecule has 0 amide bonds. The predicted molar refractivity (Wildman–Crippen MR) is 65.9 cm³/mol. The summed E-state index contributed by atoms with van der Waals surface area (Å²) in [4.78, 5) is 0.204. The van der Waals surface area contributed by atoms with E-state index in [-0.39, 0.29) is 10.8 Å². The molecule has 0 saturated carbocycles. The quantitative estimate of drug-likeness (QED) is 0.731. The monoisotopic (exact) mass is 260 g/mol. The van der Waals surface area contributed by atoms with E-state index in [0.717, 1.165) is 6.42 Å². The molecule has 0 radical (unpaired) electrons. The minimum atomic E-state index is -3.42. The lowest BCUT2D eigenvalue weighted by Crippen LogP contribution is -2.27. The van der Waals surface area contributed by atoms with Crippen molar-refractivity contribution in [1.82, 2.24) is 14.5 Å². The minimum Gasteiger partial charge on any atom is -0.330 e. The number of hydrogen-bond donors (Lipinski definition) is 2. The van der Waals surface area contributed by atoms with E-state index in [2.05, 4.69) is 9.82 Å². The van der Waals surface area contributed by atoms with Crippen LogP contribution in [-0.4, -0.2) is 31.3 Å². The molecule has 0 atom stereocenters. The van der Waals surface area contributed by atoms with Gasteiger partial charge in [-0.2, -0.15) is 5.10 Å². The second-order valence-electron chi connectivity index (χ2n) is 4.33. The molecule has 6 nitrogen and oxygen atoms in total. The molecule has 0 aliphatic rings. The number of nitrogens with zero attached hydrogens (tertiary/aromatic N) is 2. The van der Waals surface area contributed by atoms with Gasteiger partial charge in [-0.1, -0.05) is 13.8 Å². The molecule has 3 N–H and O–H groups in total. The zero-order chi connectivity index (χ0) is 12.9. The first-order valence-electron chi connectivity index (χ1n) is 5.68. The Balaban J connectivity index is 2.68. The first kappa shape index (κ1) is 14.1. The van der Waals surface area contributed by atoms with Gasteiger partial charge in [0.05, 0.1) is 6.20 Å². The molecule has 0 aliphatic heterocycles. The van der Waals surface area contributed by atoms with Gasteiger partial charge in [-0.05, 0) is 18.9 Å². The molecule has 98 valence electrons. The van der Waals surface area contributed by atoms with Gasteiger partial charge in [-0.3, -0.25) is 4.68 Å². The number of nitrogens with two attached hydrogens (primary N) is 1. The summed E-state index contributed by atoms with van der Waals surface area (Å²) in [5.41, 5.74) is 5.38. The Hall–Kier alpha value is -0.920. The van der Waals surface area contributed by atoms with Crippen LogP contribution in [0.1, 0.15) is 20.3 Å². The highest BCUT2D eigenvalue weighted by molar-refractivity contribution is 7.89. The van der Waals surface area contributed by atoms with Crippen molar-refractivity contribution in [3.63, 3.8) is 0 Å². The number of aromatic nitrogens is 2. The lowest BCUT2D eigenvalue weighted by molar-refractivity contribution is 0.558. The van der Waals surface area contributed by atoms with Crippen LogP contribution in [0, 0.1) is 5.92 Å². The van der Waals surface area contributed by atoms with Gasteiger partial charge < -0.3 is 5.73 Å². The molecular formula is C10H20N4O2S. The summed E-state index contributed by atoms with van der Waals surface area (Å²) < 4.78 is 27.8. The Morgan fingerprint density at radius 2 is 2.24 bits per heavy atom. The molecule has 1 rings (SSSR count). The van der Waals surface area contributed by atoms with Crippen LogP contribution >= 0.6 is 0 Å². The highest BCUT2D eigenvalue weighted by Gasteiger charge is 2.16. The maximum Gasteiger partial charge on any atom is 0.243 e. The number of nitrogens with one attached hydrogen (secondary N) is 1. The first-order chi connectivity index (χ1) is 7.95. The third kappa shape index (κ3) is 4.45. The van der Waals surface area contributed by atoms with Crippen molar-refractivity contribution in [2.24, 2.45) is 11.7 Å². The van der Waals surface area contributed by atoms with Crippen LogP contribution in [0.5, 0.6) is 0 Å². The summed E-state index contributed by atoms with van der Waals surface area (Å²) in [7, 11) is -3.42. The van der Waals surface area contributed by atoms with Gasteiger partial charge in [0.25, 0.3) is 0 Å². The lowest BCUT2D eigenvalue weighted by atomic mass is 10.2. The maximum atomic E-state index is 11.8. The normalized spacial score (nSPS) is 12.2. The van der Waals surface area contributed by atoms with E-state index in [9.17, 15) is 8.42 Å². The smallest absolute Gasteiger partial charge is 0.243 e. The summed E-state index contributed by atoms with van der Waals surface area (Å²) in [6.45, 7) is 5.53. The van der Waals surface area contributed by atoms with Crippen LogP contribution < -0.4 is 10.5 Å². The molecule has 0 fully saturated rings. The SMILES string of the molecule is CC(C)CNS(=O)(=O)c1cnn(CCCN)c1. The molecule has 0 bridgehead atoms. The fraction of sp³-hybridized carbons (Fsp3) is 0.700. The van der Waals surface area contributed by atoms with Gasteiger partial charge in [0, 0.05) is 19.3 Å². The van der Waals surface area contributed by atoms with E-state index in [1.807, 2.05) is 13.8 Å². The third-order valence-electron chi connectivity index (χ3n) is 2.19. The van der Waals surface area contributed by atoms with Crippen LogP contribution in [0.3, 0.4) is 0 Å². The summed E-state index contributed by atoms with van der Waals surface area (Å²) in [5.74, 6) is 0.275. The molecule has 0 aromatic carbocycles. The van der Waals surface area contributed by atoms with Crippen molar-refractivity contribution < 1.29 is 8.42 Å². The first-order valence-corrected chi connectivity index (χ1v) is 7.16. The van der Waals surface area contributed by atoms with E-state index in [1.165, 1.54) is 12.4 Å². The van der Waals surface area contributed by atoms with Gasteiger partial charge in [0.2, 0.25) is 10.0 Å².